The molecule has 1 N–H and O–H groups in total. The molecule has 1 fully saturated rings. The van der Waals surface area contributed by atoms with Gasteiger partial charge in [-0.2, -0.15) is 11.8 Å². The van der Waals surface area contributed by atoms with Crippen LogP contribution in [0.25, 0.3) is 0 Å². The van der Waals surface area contributed by atoms with Gasteiger partial charge in [-0.05, 0) is 25.5 Å². The molecule has 1 saturated carbocycles. The zero-order valence-electron chi connectivity index (χ0n) is 12.7. The van der Waals surface area contributed by atoms with Crippen LogP contribution in [-0.4, -0.2) is 43.4 Å². The summed E-state index contributed by atoms with van der Waals surface area (Å²) in [6, 6.07) is 11.6. The van der Waals surface area contributed by atoms with Crippen LogP contribution in [0.1, 0.15) is 31.2 Å². The van der Waals surface area contributed by atoms with Crippen molar-refractivity contribution >= 4 is 11.8 Å². The Morgan fingerprint density at radius 3 is 2.65 bits per heavy atom. The molecule has 2 rings (SSSR count). The van der Waals surface area contributed by atoms with Gasteiger partial charge in [0, 0.05) is 37.2 Å². The molecule has 0 bridgehead atoms. The van der Waals surface area contributed by atoms with Crippen molar-refractivity contribution in [1.82, 2.24) is 10.2 Å². The molecule has 1 aromatic carbocycles. The normalized spacial score (nSPS) is 16.1. The fraction of sp³-hybridized carbons (Fsp3) is 0.647. The Morgan fingerprint density at radius 1 is 1.15 bits per heavy atom. The van der Waals surface area contributed by atoms with Crippen LogP contribution < -0.4 is 5.32 Å². The maximum Gasteiger partial charge on any atom is 0.0185 e. The van der Waals surface area contributed by atoms with Gasteiger partial charge in [0.15, 0.2) is 0 Å². The van der Waals surface area contributed by atoms with Gasteiger partial charge in [-0.25, -0.2) is 0 Å². The quantitative estimate of drug-likeness (QED) is 0.702. The SMILES string of the molecule is CN(CCNCCSCc1ccccc1)C1CCCC1. The molecule has 20 heavy (non-hydrogen) atoms. The monoisotopic (exact) mass is 292 g/mol. The second kappa shape index (κ2) is 9.43. The lowest BCUT2D eigenvalue weighted by molar-refractivity contribution is 0.246. The van der Waals surface area contributed by atoms with Crippen LogP contribution >= 0.6 is 11.8 Å². The highest BCUT2D eigenvalue weighted by Gasteiger charge is 2.18. The van der Waals surface area contributed by atoms with Crippen LogP contribution in [0.3, 0.4) is 0 Å². The van der Waals surface area contributed by atoms with Gasteiger partial charge in [-0.3, -0.25) is 0 Å². The minimum absolute atomic E-state index is 0.851. The van der Waals surface area contributed by atoms with E-state index in [1.165, 1.54) is 43.5 Å². The zero-order chi connectivity index (χ0) is 14.0. The van der Waals surface area contributed by atoms with Crippen LogP contribution in [-0.2, 0) is 5.75 Å². The van der Waals surface area contributed by atoms with Crippen molar-refractivity contribution in [1.29, 1.82) is 0 Å². The minimum atomic E-state index is 0.851. The number of hydrogen-bond acceptors (Lipinski definition) is 3. The topological polar surface area (TPSA) is 15.3 Å². The Kier molecular flexibility index (Phi) is 7.48. The number of thioether (sulfide) groups is 1. The second-order valence-electron chi connectivity index (χ2n) is 5.71. The van der Waals surface area contributed by atoms with Gasteiger partial charge in [0.05, 0.1) is 0 Å². The molecule has 0 unspecified atom stereocenters. The lowest BCUT2D eigenvalue weighted by Crippen LogP contribution is -2.36. The minimum Gasteiger partial charge on any atom is -0.315 e. The first-order chi connectivity index (χ1) is 9.86. The van der Waals surface area contributed by atoms with Gasteiger partial charge in [0.1, 0.15) is 0 Å². The molecule has 0 aliphatic heterocycles. The summed E-state index contributed by atoms with van der Waals surface area (Å²) in [7, 11) is 2.28. The van der Waals surface area contributed by atoms with Crippen molar-refractivity contribution in [2.75, 3.05) is 32.4 Å². The smallest absolute Gasteiger partial charge is 0.0185 e. The van der Waals surface area contributed by atoms with Crippen molar-refractivity contribution in [3.8, 4) is 0 Å². The van der Waals surface area contributed by atoms with E-state index in [0.29, 0.717) is 0 Å². The first-order valence-corrected chi connectivity index (χ1v) is 9.04. The van der Waals surface area contributed by atoms with Gasteiger partial charge in [0.2, 0.25) is 0 Å². The molecule has 0 heterocycles. The molecule has 0 amide bonds. The molecular formula is C17H28N2S. The van der Waals surface area contributed by atoms with Gasteiger partial charge in [-0.15, -0.1) is 0 Å². The maximum absolute atomic E-state index is 3.56. The standard InChI is InChI=1S/C17H28N2S/c1-19(17-9-5-6-10-17)13-11-18-12-14-20-15-16-7-3-2-4-8-16/h2-4,7-8,17-18H,5-6,9-15H2,1H3. The van der Waals surface area contributed by atoms with Crippen molar-refractivity contribution in [2.24, 2.45) is 0 Å². The molecule has 1 aromatic rings. The summed E-state index contributed by atoms with van der Waals surface area (Å²) in [4.78, 5) is 2.54. The summed E-state index contributed by atoms with van der Waals surface area (Å²) < 4.78 is 0. The van der Waals surface area contributed by atoms with E-state index in [2.05, 4.69) is 47.6 Å². The average Bonchev–Trinajstić information content (AvgIpc) is 3.01. The van der Waals surface area contributed by atoms with Gasteiger partial charge in [-0.1, -0.05) is 43.2 Å². The largest absolute Gasteiger partial charge is 0.315 e. The van der Waals surface area contributed by atoms with Crippen molar-refractivity contribution in [2.45, 2.75) is 37.5 Å². The highest BCUT2D eigenvalue weighted by Crippen LogP contribution is 2.21. The summed E-state index contributed by atoms with van der Waals surface area (Å²) >= 11 is 2.01. The number of likely N-dealkylation sites (N-methyl/N-ethyl adjacent to an activating group) is 1. The van der Waals surface area contributed by atoms with Crippen molar-refractivity contribution in [3.63, 3.8) is 0 Å². The van der Waals surface area contributed by atoms with Crippen molar-refractivity contribution in [3.05, 3.63) is 35.9 Å². The zero-order valence-corrected chi connectivity index (χ0v) is 13.5. The summed E-state index contributed by atoms with van der Waals surface area (Å²) in [5.41, 5.74) is 1.43. The lowest BCUT2D eigenvalue weighted by atomic mass is 10.2. The van der Waals surface area contributed by atoms with Crippen LogP contribution in [0, 0.1) is 0 Å². The van der Waals surface area contributed by atoms with E-state index in [1.54, 1.807) is 0 Å². The lowest BCUT2D eigenvalue weighted by Gasteiger charge is -2.23. The Labute approximate surface area is 128 Å². The summed E-state index contributed by atoms with van der Waals surface area (Å²) in [5, 5.41) is 3.56. The molecular weight excluding hydrogens is 264 g/mol. The third kappa shape index (κ3) is 5.86. The van der Waals surface area contributed by atoms with E-state index in [4.69, 9.17) is 0 Å². The Hall–Kier alpha value is -0.510. The van der Waals surface area contributed by atoms with E-state index in [0.717, 1.165) is 24.9 Å². The van der Waals surface area contributed by atoms with Gasteiger partial charge >= 0.3 is 0 Å². The molecule has 3 heteroatoms. The molecule has 1 aliphatic rings. The molecule has 1 aliphatic carbocycles. The molecule has 0 radical (unpaired) electrons. The number of benzene rings is 1. The second-order valence-corrected chi connectivity index (χ2v) is 6.81. The molecule has 0 spiro atoms. The fourth-order valence-electron chi connectivity index (χ4n) is 2.82. The van der Waals surface area contributed by atoms with E-state index in [9.17, 15) is 0 Å². The molecule has 112 valence electrons. The first-order valence-electron chi connectivity index (χ1n) is 7.89. The number of nitrogens with zero attached hydrogens (tertiary/aromatic N) is 1. The van der Waals surface area contributed by atoms with Crippen LogP contribution in [0.5, 0.6) is 0 Å². The van der Waals surface area contributed by atoms with E-state index in [-0.39, 0.29) is 0 Å². The average molecular weight is 292 g/mol. The third-order valence-electron chi connectivity index (χ3n) is 4.12. The van der Waals surface area contributed by atoms with Crippen LogP contribution in [0.4, 0.5) is 0 Å². The summed E-state index contributed by atoms with van der Waals surface area (Å²) in [6.07, 6.45) is 5.67. The molecule has 0 saturated heterocycles. The van der Waals surface area contributed by atoms with E-state index in [1.807, 2.05) is 11.8 Å². The predicted octanol–water partition coefficient (Wildman–Crippen LogP) is 3.38. The van der Waals surface area contributed by atoms with E-state index >= 15 is 0 Å². The first kappa shape index (κ1) is 15.9. The molecule has 2 nitrogen and oxygen atoms in total. The maximum atomic E-state index is 3.56. The number of hydrogen-bond donors (Lipinski definition) is 1. The summed E-state index contributed by atoms with van der Waals surface area (Å²) in [6.45, 7) is 3.43. The Bertz CT molecular complexity index is 349. The number of nitrogens with one attached hydrogen (secondary N) is 1. The molecule has 0 aromatic heterocycles. The van der Waals surface area contributed by atoms with Crippen LogP contribution in [0.2, 0.25) is 0 Å². The van der Waals surface area contributed by atoms with Crippen LogP contribution in [0.15, 0.2) is 30.3 Å². The van der Waals surface area contributed by atoms with Gasteiger partial charge in [0.25, 0.3) is 0 Å². The van der Waals surface area contributed by atoms with E-state index < -0.39 is 0 Å². The van der Waals surface area contributed by atoms with Gasteiger partial charge < -0.3 is 10.2 Å². The molecule has 0 atom stereocenters. The highest BCUT2D eigenvalue weighted by molar-refractivity contribution is 7.98. The Morgan fingerprint density at radius 2 is 1.90 bits per heavy atom. The summed E-state index contributed by atoms with van der Waals surface area (Å²) in [5.74, 6) is 2.33. The third-order valence-corrected chi connectivity index (χ3v) is 5.15. The number of rotatable bonds is 9. The highest BCUT2D eigenvalue weighted by atomic mass is 32.2. The Balaban J connectivity index is 1.43. The van der Waals surface area contributed by atoms with Crippen molar-refractivity contribution < 1.29 is 0 Å². The predicted molar refractivity (Wildman–Crippen MR) is 90.4 cm³/mol. The fourth-order valence-corrected chi connectivity index (χ4v) is 3.68.